The summed E-state index contributed by atoms with van der Waals surface area (Å²) in [7, 11) is 0. The number of rotatable bonds is 4. The van der Waals surface area contributed by atoms with Crippen molar-refractivity contribution in [3.8, 4) is 5.69 Å². The second-order valence-electron chi connectivity index (χ2n) is 7.63. The third-order valence-electron chi connectivity index (χ3n) is 5.44. The van der Waals surface area contributed by atoms with Crippen LogP contribution in [0.25, 0.3) is 5.69 Å². The Kier molecular flexibility index (Phi) is 4.92. The number of nitrogens with one attached hydrogen (secondary N) is 2. The Morgan fingerprint density at radius 3 is 2.76 bits per heavy atom. The van der Waals surface area contributed by atoms with E-state index in [0.717, 1.165) is 28.1 Å². The van der Waals surface area contributed by atoms with E-state index in [1.54, 1.807) is 6.20 Å². The Morgan fingerprint density at radius 1 is 1.17 bits per heavy atom. The minimum absolute atomic E-state index is 0.0684. The Hall–Kier alpha value is -3.41. The van der Waals surface area contributed by atoms with Crippen LogP contribution in [0.15, 0.2) is 48.7 Å². The highest BCUT2D eigenvalue weighted by atomic mass is 16.2. The number of hydrogen-bond acceptors (Lipinski definition) is 3. The predicted octanol–water partition coefficient (Wildman–Crippen LogP) is 3.65. The van der Waals surface area contributed by atoms with Crippen molar-refractivity contribution >= 4 is 17.5 Å². The molecule has 1 atom stereocenters. The first-order valence-corrected chi connectivity index (χ1v) is 9.72. The number of amides is 2. The fraction of sp³-hybridized carbons (Fsp3) is 0.261. The SMILES string of the molecule is Cc1ccc(C)c(-n2ncc(C(=O)Nc3cccc([C@@H]4CNC(=O)C4)c3)c2C)c1. The van der Waals surface area contributed by atoms with Crippen molar-refractivity contribution in [3.63, 3.8) is 0 Å². The Morgan fingerprint density at radius 2 is 2.00 bits per heavy atom. The Bertz CT molecular complexity index is 1100. The molecule has 0 unspecified atom stereocenters. The molecule has 2 aromatic carbocycles. The molecule has 2 N–H and O–H groups in total. The molecule has 1 fully saturated rings. The normalized spacial score (nSPS) is 16.0. The second kappa shape index (κ2) is 7.54. The molecule has 1 aliphatic heterocycles. The number of anilines is 1. The summed E-state index contributed by atoms with van der Waals surface area (Å²) in [5.74, 6) is 0.0175. The van der Waals surface area contributed by atoms with Crippen molar-refractivity contribution in [1.82, 2.24) is 15.1 Å². The van der Waals surface area contributed by atoms with Crippen molar-refractivity contribution in [2.75, 3.05) is 11.9 Å². The van der Waals surface area contributed by atoms with Crippen molar-refractivity contribution in [3.05, 3.63) is 76.6 Å². The predicted molar refractivity (Wildman–Crippen MR) is 113 cm³/mol. The summed E-state index contributed by atoms with van der Waals surface area (Å²) in [6.07, 6.45) is 2.09. The highest BCUT2D eigenvalue weighted by Crippen LogP contribution is 2.26. The first kappa shape index (κ1) is 18.9. The van der Waals surface area contributed by atoms with Crippen LogP contribution in [0.1, 0.15) is 45.1 Å². The van der Waals surface area contributed by atoms with Crippen LogP contribution in [0.5, 0.6) is 0 Å². The number of aryl methyl sites for hydroxylation is 2. The maximum absolute atomic E-state index is 12.9. The van der Waals surface area contributed by atoms with Gasteiger partial charge < -0.3 is 10.6 Å². The molecule has 1 aromatic heterocycles. The number of carbonyl (C=O) groups excluding carboxylic acids is 2. The van der Waals surface area contributed by atoms with E-state index in [-0.39, 0.29) is 17.7 Å². The summed E-state index contributed by atoms with van der Waals surface area (Å²) in [5, 5.41) is 10.3. The quantitative estimate of drug-likeness (QED) is 0.716. The molecule has 148 valence electrons. The topological polar surface area (TPSA) is 76.0 Å². The van der Waals surface area contributed by atoms with E-state index in [0.29, 0.717) is 24.2 Å². The van der Waals surface area contributed by atoms with Gasteiger partial charge in [0.05, 0.1) is 23.1 Å². The fourth-order valence-electron chi connectivity index (χ4n) is 3.73. The lowest BCUT2D eigenvalue weighted by molar-refractivity contribution is -0.119. The van der Waals surface area contributed by atoms with E-state index >= 15 is 0 Å². The molecule has 3 aromatic rings. The van der Waals surface area contributed by atoms with Gasteiger partial charge in [-0.05, 0) is 55.7 Å². The monoisotopic (exact) mass is 388 g/mol. The van der Waals surface area contributed by atoms with Gasteiger partial charge >= 0.3 is 0 Å². The molecular weight excluding hydrogens is 364 g/mol. The highest BCUT2D eigenvalue weighted by Gasteiger charge is 2.23. The van der Waals surface area contributed by atoms with E-state index in [4.69, 9.17) is 0 Å². The number of aromatic nitrogens is 2. The lowest BCUT2D eigenvalue weighted by atomic mass is 9.98. The summed E-state index contributed by atoms with van der Waals surface area (Å²) in [6.45, 7) is 6.60. The van der Waals surface area contributed by atoms with Crippen LogP contribution in [-0.4, -0.2) is 28.1 Å². The molecule has 0 aliphatic carbocycles. The number of hydrogen-bond donors (Lipinski definition) is 2. The molecule has 1 aliphatic rings. The van der Waals surface area contributed by atoms with Gasteiger partial charge in [0.1, 0.15) is 0 Å². The van der Waals surface area contributed by atoms with Gasteiger partial charge in [-0.1, -0.05) is 24.3 Å². The zero-order valence-electron chi connectivity index (χ0n) is 16.8. The van der Waals surface area contributed by atoms with E-state index in [1.807, 2.05) is 49.7 Å². The molecule has 4 rings (SSSR count). The second-order valence-corrected chi connectivity index (χ2v) is 7.63. The molecule has 0 spiro atoms. The lowest BCUT2D eigenvalue weighted by Crippen LogP contribution is -2.14. The Balaban J connectivity index is 1.56. The molecule has 2 amide bonds. The van der Waals surface area contributed by atoms with Gasteiger partial charge in [0.15, 0.2) is 0 Å². The molecule has 6 heteroatoms. The average molecular weight is 388 g/mol. The van der Waals surface area contributed by atoms with Gasteiger partial charge in [0, 0.05) is 24.6 Å². The molecule has 6 nitrogen and oxygen atoms in total. The van der Waals surface area contributed by atoms with Gasteiger partial charge in [-0.25, -0.2) is 4.68 Å². The van der Waals surface area contributed by atoms with Gasteiger partial charge in [-0.2, -0.15) is 5.10 Å². The van der Waals surface area contributed by atoms with E-state index < -0.39 is 0 Å². The summed E-state index contributed by atoms with van der Waals surface area (Å²) in [6, 6.07) is 13.9. The van der Waals surface area contributed by atoms with Crippen molar-refractivity contribution in [1.29, 1.82) is 0 Å². The average Bonchev–Trinajstić information content (AvgIpc) is 3.30. The lowest BCUT2D eigenvalue weighted by Gasteiger charge is -2.12. The first-order valence-electron chi connectivity index (χ1n) is 9.72. The van der Waals surface area contributed by atoms with Crippen molar-refractivity contribution in [2.45, 2.75) is 33.1 Å². The maximum Gasteiger partial charge on any atom is 0.259 e. The standard InChI is InChI=1S/C23H24N4O2/c1-14-7-8-15(2)21(9-14)27-16(3)20(13-25-27)23(29)26-19-6-4-5-17(10-19)18-11-22(28)24-12-18/h4-10,13,18H,11-12H2,1-3H3,(H,24,28)(H,26,29)/t18-/m0/s1. The smallest absolute Gasteiger partial charge is 0.259 e. The third-order valence-corrected chi connectivity index (χ3v) is 5.44. The summed E-state index contributed by atoms with van der Waals surface area (Å²) < 4.78 is 1.81. The maximum atomic E-state index is 12.9. The van der Waals surface area contributed by atoms with E-state index in [9.17, 15) is 9.59 Å². The van der Waals surface area contributed by atoms with Crippen LogP contribution in [0.2, 0.25) is 0 Å². The van der Waals surface area contributed by atoms with Gasteiger partial charge in [0.25, 0.3) is 5.91 Å². The number of benzene rings is 2. The first-order chi connectivity index (χ1) is 13.9. The minimum Gasteiger partial charge on any atom is -0.355 e. The highest BCUT2D eigenvalue weighted by molar-refractivity contribution is 6.05. The van der Waals surface area contributed by atoms with Crippen LogP contribution in [0.3, 0.4) is 0 Å². The van der Waals surface area contributed by atoms with Gasteiger partial charge in [-0.3, -0.25) is 9.59 Å². The van der Waals surface area contributed by atoms with Crippen LogP contribution in [0, 0.1) is 20.8 Å². The third kappa shape index (κ3) is 3.78. The summed E-state index contributed by atoms with van der Waals surface area (Å²) >= 11 is 0. The largest absolute Gasteiger partial charge is 0.355 e. The summed E-state index contributed by atoms with van der Waals surface area (Å²) in [5.41, 5.74) is 6.30. The summed E-state index contributed by atoms with van der Waals surface area (Å²) in [4.78, 5) is 24.4. The fourth-order valence-corrected chi connectivity index (χ4v) is 3.73. The van der Waals surface area contributed by atoms with Crippen LogP contribution in [-0.2, 0) is 4.79 Å². The van der Waals surface area contributed by atoms with Crippen LogP contribution < -0.4 is 10.6 Å². The van der Waals surface area contributed by atoms with E-state index in [1.165, 1.54) is 0 Å². The molecule has 2 heterocycles. The zero-order valence-corrected chi connectivity index (χ0v) is 16.8. The Labute approximate surface area is 169 Å². The number of nitrogens with zero attached hydrogens (tertiary/aromatic N) is 2. The zero-order chi connectivity index (χ0) is 20.5. The van der Waals surface area contributed by atoms with Gasteiger partial charge in [-0.15, -0.1) is 0 Å². The van der Waals surface area contributed by atoms with Crippen molar-refractivity contribution in [2.24, 2.45) is 0 Å². The molecule has 0 radical (unpaired) electrons. The minimum atomic E-state index is -0.197. The van der Waals surface area contributed by atoms with Crippen molar-refractivity contribution < 1.29 is 9.59 Å². The molecule has 0 saturated carbocycles. The van der Waals surface area contributed by atoms with Gasteiger partial charge in [0.2, 0.25) is 5.91 Å². The molecule has 29 heavy (non-hydrogen) atoms. The van der Waals surface area contributed by atoms with E-state index in [2.05, 4.69) is 33.9 Å². The molecule has 0 bridgehead atoms. The molecule has 1 saturated heterocycles. The van der Waals surface area contributed by atoms with Crippen LogP contribution in [0.4, 0.5) is 5.69 Å². The number of carbonyl (C=O) groups is 2. The molecular formula is C23H24N4O2. The van der Waals surface area contributed by atoms with Crippen LogP contribution >= 0.6 is 0 Å².